The second-order valence-electron chi connectivity index (χ2n) is 7.33. The van der Waals surface area contributed by atoms with Crippen molar-refractivity contribution in [3.8, 4) is 5.75 Å². The Labute approximate surface area is 198 Å². The first kappa shape index (κ1) is 24.3. The zero-order valence-corrected chi connectivity index (χ0v) is 19.5. The van der Waals surface area contributed by atoms with Crippen LogP contribution < -0.4 is 21.1 Å². The summed E-state index contributed by atoms with van der Waals surface area (Å²) >= 11 is 3.23. The number of anilines is 3. The number of nitrogens with two attached hydrogens (primary N) is 1. The number of fused-ring (bicyclic) bond motifs is 1. The smallest absolute Gasteiger partial charge is 0.247 e. The molecule has 10 heteroatoms. The standard InChI is InChI=1S/C23H23BrFN5O3/c1-3-22(32)29-20-10-16-19(11-21(20)33-7-6-15(26)8-13(2)31)27-12-28-23(16)30-18-5-4-14(24)9-17(18)25/h3-5,9-12,15H,1,6-8,26H2,2H3,(H,29,32)(H,27,28,30). The summed E-state index contributed by atoms with van der Waals surface area (Å²) in [7, 11) is 0. The fraction of sp³-hybridized carbons (Fsp3) is 0.217. The van der Waals surface area contributed by atoms with Gasteiger partial charge in [-0.15, -0.1) is 0 Å². The van der Waals surface area contributed by atoms with E-state index in [2.05, 4.69) is 43.1 Å². The molecular weight excluding hydrogens is 493 g/mol. The van der Waals surface area contributed by atoms with Gasteiger partial charge in [0.2, 0.25) is 5.91 Å². The monoisotopic (exact) mass is 515 g/mol. The number of benzene rings is 2. The lowest BCUT2D eigenvalue weighted by atomic mass is 10.1. The van der Waals surface area contributed by atoms with E-state index in [1.54, 1.807) is 24.3 Å². The lowest BCUT2D eigenvalue weighted by Gasteiger charge is -2.16. The zero-order chi connectivity index (χ0) is 24.0. The molecule has 1 unspecified atom stereocenters. The Balaban J connectivity index is 1.93. The molecule has 0 bridgehead atoms. The number of rotatable bonds is 10. The molecule has 4 N–H and O–H groups in total. The van der Waals surface area contributed by atoms with Crippen molar-refractivity contribution in [1.29, 1.82) is 0 Å². The van der Waals surface area contributed by atoms with Gasteiger partial charge in [0.05, 0.1) is 23.5 Å². The number of Topliss-reactive ketones (excluding diaryl/α,β-unsaturated/α-hetero) is 1. The van der Waals surface area contributed by atoms with Gasteiger partial charge in [-0.05, 0) is 43.7 Å². The lowest BCUT2D eigenvalue weighted by molar-refractivity contribution is -0.117. The van der Waals surface area contributed by atoms with Gasteiger partial charge in [-0.3, -0.25) is 9.59 Å². The van der Waals surface area contributed by atoms with E-state index in [1.165, 1.54) is 19.3 Å². The van der Waals surface area contributed by atoms with E-state index in [-0.39, 0.29) is 30.5 Å². The number of hydrogen-bond acceptors (Lipinski definition) is 7. The quantitative estimate of drug-likeness (QED) is 0.340. The maximum absolute atomic E-state index is 14.3. The second kappa shape index (κ2) is 11.0. The van der Waals surface area contributed by atoms with Crippen molar-refractivity contribution in [3.63, 3.8) is 0 Å². The van der Waals surface area contributed by atoms with Crippen molar-refractivity contribution >= 4 is 55.7 Å². The Hall–Kier alpha value is -3.37. The van der Waals surface area contributed by atoms with E-state index in [4.69, 9.17) is 10.5 Å². The van der Waals surface area contributed by atoms with Gasteiger partial charge in [-0.1, -0.05) is 22.5 Å². The van der Waals surface area contributed by atoms with Gasteiger partial charge in [-0.25, -0.2) is 14.4 Å². The zero-order valence-electron chi connectivity index (χ0n) is 17.9. The predicted molar refractivity (Wildman–Crippen MR) is 129 cm³/mol. The minimum atomic E-state index is -0.460. The molecule has 0 aliphatic heterocycles. The van der Waals surface area contributed by atoms with Crippen molar-refractivity contribution in [2.75, 3.05) is 17.2 Å². The average molecular weight is 516 g/mol. The second-order valence-corrected chi connectivity index (χ2v) is 8.25. The van der Waals surface area contributed by atoms with Gasteiger partial charge < -0.3 is 21.1 Å². The first-order valence-electron chi connectivity index (χ1n) is 10.1. The third-order valence-corrected chi connectivity index (χ3v) is 5.15. The largest absolute Gasteiger partial charge is 0.491 e. The Morgan fingerprint density at radius 3 is 2.76 bits per heavy atom. The highest BCUT2D eigenvalue weighted by Crippen LogP contribution is 2.34. The molecule has 0 saturated carbocycles. The number of hydrogen-bond donors (Lipinski definition) is 3. The Bertz CT molecular complexity index is 1200. The van der Waals surface area contributed by atoms with Gasteiger partial charge in [0.1, 0.15) is 29.5 Å². The molecule has 172 valence electrons. The molecule has 2 aromatic carbocycles. The summed E-state index contributed by atoms with van der Waals surface area (Å²) in [6.45, 7) is 5.19. The van der Waals surface area contributed by atoms with E-state index in [0.29, 0.717) is 39.1 Å². The fourth-order valence-electron chi connectivity index (χ4n) is 3.09. The number of ether oxygens (including phenoxy) is 1. The molecule has 3 rings (SSSR count). The molecule has 1 atom stereocenters. The van der Waals surface area contributed by atoms with Crippen LogP contribution >= 0.6 is 15.9 Å². The van der Waals surface area contributed by atoms with Gasteiger partial charge in [0.15, 0.2) is 0 Å². The predicted octanol–water partition coefficient (Wildman–Crippen LogP) is 4.47. The number of nitrogens with one attached hydrogen (secondary N) is 2. The molecule has 0 aliphatic carbocycles. The summed E-state index contributed by atoms with van der Waals surface area (Å²) < 4.78 is 20.8. The molecule has 0 fully saturated rings. The van der Waals surface area contributed by atoms with Gasteiger partial charge >= 0.3 is 0 Å². The summed E-state index contributed by atoms with van der Waals surface area (Å²) in [6.07, 6.45) is 3.19. The maximum atomic E-state index is 14.3. The topological polar surface area (TPSA) is 119 Å². The summed E-state index contributed by atoms with van der Waals surface area (Å²) in [5, 5.41) is 6.21. The molecule has 0 aliphatic rings. The van der Waals surface area contributed by atoms with Crippen LogP contribution in [0.1, 0.15) is 19.8 Å². The molecule has 33 heavy (non-hydrogen) atoms. The molecular formula is C23H23BrFN5O3. The summed E-state index contributed by atoms with van der Waals surface area (Å²) in [6, 6.07) is 7.58. The van der Waals surface area contributed by atoms with Gasteiger partial charge in [0, 0.05) is 28.4 Å². The highest BCUT2D eigenvalue weighted by atomic mass is 79.9. The van der Waals surface area contributed by atoms with Crippen LogP contribution in [-0.2, 0) is 9.59 Å². The van der Waals surface area contributed by atoms with Crippen LogP contribution in [0.4, 0.5) is 21.6 Å². The van der Waals surface area contributed by atoms with Crippen molar-refractivity contribution in [2.24, 2.45) is 5.73 Å². The van der Waals surface area contributed by atoms with Crippen molar-refractivity contribution in [2.45, 2.75) is 25.8 Å². The minimum absolute atomic E-state index is 0.00563. The number of nitrogens with zero attached hydrogens (tertiary/aromatic N) is 2. The Morgan fingerprint density at radius 2 is 2.06 bits per heavy atom. The molecule has 0 saturated heterocycles. The van der Waals surface area contributed by atoms with Crippen LogP contribution in [0.15, 0.2) is 53.8 Å². The molecule has 1 amide bonds. The maximum Gasteiger partial charge on any atom is 0.247 e. The molecule has 1 aromatic heterocycles. The normalized spacial score (nSPS) is 11.6. The highest BCUT2D eigenvalue weighted by molar-refractivity contribution is 9.10. The van der Waals surface area contributed by atoms with Crippen LogP contribution in [-0.4, -0.2) is 34.3 Å². The van der Waals surface area contributed by atoms with E-state index >= 15 is 0 Å². The fourth-order valence-corrected chi connectivity index (χ4v) is 3.43. The van der Waals surface area contributed by atoms with Crippen LogP contribution in [0.2, 0.25) is 0 Å². The summed E-state index contributed by atoms with van der Waals surface area (Å²) in [5.74, 6) is -0.167. The first-order valence-corrected chi connectivity index (χ1v) is 10.9. The van der Waals surface area contributed by atoms with Crippen molar-refractivity contribution in [1.82, 2.24) is 9.97 Å². The van der Waals surface area contributed by atoms with Crippen molar-refractivity contribution < 1.29 is 18.7 Å². The SMILES string of the molecule is C=CC(=O)Nc1cc2c(Nc3ccc(Br)cc3F)ncnc2cc1OCCC(N)CC(C)=O. The number of carbonyl (C=O) groups excluding carboxylic acids is 2. The lowest BCUT2D eigenvalue weighted by Crippen LogP contribution is -2.25. The number of aromatic nitrogens is 2. The van der Waals surface area contributed by atoms with Gasteiger partial charge in [0.25, 0.3) is 0 Å². The van der Waals surface area contributed by atoms with E-state index < -0.39 is 11.7 Å². The third-order valence-electron chi connectivity index (χ3n) is 4.66. The van der Waals surface area contributed by atoms with Crippen LogP contribution in [0, 0.1) is 5.82 Å². The van der Waals surface area contributed by atoms with E-state index in [0.717, 1.165) is 6.08 Å². The van der Waals surface area contributed by atoms with Crippen LogP contribution in [0.3, 0.4) is 0 Å². The minimum Gasteiger partial charge on any atom is -0.491 e. The van der Waals surface area contributed by atoms with E-state index in [1.807, 2.05) is 0 Å². The Morgan fingerprint density at radius 1 is 1.27 bits per heavy atom. The van der Waals surface area contributed by atoms with Gasteiger partial charge in [-0.2, -0.15) is 0 Å². The van der Waals surface area contributed by atoms with Crippen molar-refractivity contribution in [3.05, 3.63) is 59.6 Å². The molecule has 8 nitrogen and oxygen atoms in total. The molecule has 0 radical (unpaired) electrons. The van der Waals surface area contributed by atoms with Crippen LogP contribution in [0.25, 0.3) is 10.9 Å². The molecule has 0 spiro atoms. The van der Waals surface area contributed by atoms with Crippen LogP contribution in [0.5, 0.6) is 5.75 Å². The number of halogens is 2. The summed E-state index contributed by atoms with van der Waals surface area (Å²) in [5.41, 5.74) is 7.05. The highest BCUT2D eigenvalue weighted by Gasteiger charge is 2.15. The number of amides is 1. The number of ketones is 1. The third kappa shape index (κ3) is 6.56. The average Bonchev–Trinajstić information content (AvgIpc) is 2.75. The Kier molecular flexibility index (Phi) is 8.07. The van der Waals surface area contributed by atoms with E-state index in [9.17, 15) is 14.0 Å². The molecule has 3 aromatic rings. The molecule has 1 heterocycles. The number of carbonyl (C=O) groups is 2. The summed E-state index contributed by atoms with van der Waals surface area (Å²) in [4.78, 5) is 31.7. The first-order chi connectivity index (χ1) is 15.8.